The molecule has 1 aromatic carbocycles. The molecule has 5 fully saturated rings. The van der Waals surface area contributed by atoms with Gasteiger partial charge in [0.15, 0.2) is 17.6 Å². The van der Waals surface area contributed by atoms with Gasteiger partial charge in [-0.15, -0.1) is 0 Å². The lowest BCUT2D eigenvalue weighted by atomic mass is 9.47. The minimum Gasteiger partial charge on any atom is -0.479 e. The van der Waals surface area contributed by atoms with Gasteiger partial charge in [0.25, 0.3) is 0 Å². The molecular weight excluding hydrogens is 400 g/mol. The van der Waals surface area contributed by atoms with E-state index in [1.54, 1.807) is 12.1 Å². The Balaban J connectivity index is 1.44. The summed E-state index contributed by atoms with van der Waals surface area (Å²) in [7, 11) is 0. The molecule has 5 aliphatic carbocycles. The van der Waals surface area contributed by atoms with Crippen molar-refractivity contribution in [3.63, 3.8) is 0 Å². The van der Waals surface area contributed by atoms with Crippen LogP contribution < -0.4 is 15.8 Å². The number of aliphatic imine (C=N–C) groups is 1. The number of carbonyl (C=O) groups excluding carboxylic acids is 1. The molecule has 1 aromatic rings. The first kappa shape index (κ1) is 19.7. The molecule has 6 rings (SSSR count). The molecule has 0 aliphatic heterocycles. The molecule has 3 N–H and O–H groups in total. The van der Waals surface area contributed by atoms with Gasteiger partial charge in [-0.25, -0.2) is 0 Å². The molecule has 0 radical (unpaired) electrons. The number of nitrogens with one attached hydrogen (secondary N) is 1. The average Bonchev–Trinajstić information content (AvgIpc) is 2.68. The van der Waals surface area contributed by atoms with E-state index in [0.717, 1.165) is 57.1 Å². The maximum atomic E-state index is 12.2. The summed E-state index contributed by atoms with van der Waals surface area (Å²) in [6, 6.07) is 7.44. The number of nitrogens with two attached hydrogens (primary N) is 1. The summed E-state index contributed by atoms with van der Waals surface area (Å²) in [5.74, 6) is 2.51. The second-order valence-electron chi connectivity index (χ2n) is 9.72. The van der Waals surface area contributed by atoms with E-state index in [1.807, 2.05) is 12.1 Å². The number of amidine groups is 1. The van der Waals surface area contributed by atoms with E-state index in [4.69, 9.17) is 27.1 Å². The van der Waals surface area contributed by atoms with Crippen LogP contribution >= 0.6 is 11.6 Å². The summed E-state index contributed by atoms with van der Waals surface area (Å²) < 4.78 is 6.38. The van der Waals surface area contributed by atoms with E-state index in [2.05, 4.69) is 11.5 Å². The summed E-state index contributed by atoms with van der Waals surface area (Å²) >= 11 is 6.01. The van der Waals surface area contributed by atoms with Crippen LogP contribution in [0, 0.1) is 34.6 Å². The molecular formula is C23H27ClN4O2. The molecule has 2 atom stereocenters. The Labute approximate surface area is 181 Å². The van der Waals surface area contributed by atoms with Gasteiger partial charge >= 0.3 is 0 Å². The van der Waals surface area contributed by atoms with Gasteiger partial charge in [-0.3, -0.25) is 15.1 Å². The number of hydrogen-bond donors (Lipinski definition) is 2. The predicted molar refractivity (Wildman–Crippen MR) is 114 cm³/mol. The van der Waals surface area contributed by atoms with Crippen molar-refractivity contribution in [2.24, 2.45) is 33.9 Å². The van der Waals surface area contributed by atoms with E-state index >= 15 is 0 Å². The van der Waals surface area contributed by atoms with Gasteiger partial charge in [-0.05, 0) is 93.4 Å². The summed E-state index contributed by atoms with van der Waals surface area (Å²) in [5.41, 5.74) is 4.89. The fourth-order valence-electron chi connectivity index (χ4n) is 6.59. The summed E-state index contributed by atoms with van der Waals surface area (Å²) in [4.78, 5) is 17.4. The Bertz CT molecular complexity index is 902. The van der Waals surface area contributed by atoms with Crippen molar-refractivity contribution < 1.29 is 9.53 Å². The number of nitrogens with zero attached hydrogens (tertiary/aromatic N) is 2. The van der Waals surface area contributed by atoms with Crippen molar-refractivity contribution in [1.82, 2.24) is 5.32 Å². The van der Waals surface area contributed by atoms with Crippen LogP contribution in [0.4, 0.5) is 0 Å². The van der Waals surface area contributed by atoms with Crippen LogP contribution in [0.15, 0.2) is 29.3 Å². The van der Waals surface area contributed by atoms with Crippen LogP contribution in [-0.2, 0) is 4.79 Å². The molecule has 158 valence electrons. The largest absolute Gasteiger partial charge is 0.479 e. The average molecular weight is 427 g/mol. The molecule has 6 nitrogen and oxygen atoms in total. The Kier molecular flexibility index (Phi) is 4.70. The third-order valence-electron chi connectivity index (χ3n) is 7.92. The van der Waals surface area contributed by atoms with Crippen molar-refractivity contribution in [2.45, 2.75) is 63.0 Å². The Hall–Kier alpha value is -2.26. The van der Waals surface area contributed by atoms with Crippen LogP contribution in [0.5, 0.6) is 5.75 Å². The van der Waals surface area contributed by atoms with Crippen LogP contribution in [0.25, 0.3) is 0 Å². The predicted octanol–water partition coefficient (Wildman–Crippen LogP) is 3.79. The summed E-state index contributed by atoms with van der Waals surface area (Å²) in [5, 5.41) is 13.0. The highest BCUT2D eigenvalue weighted by atomic mass is 35.5. The number of amides is 1. The number of benzene rings is 1. The first-order valence-electron chi connectivity index (χ1n) is 10.9. The molecule has 1 amide bonds. The lowest BCUT2D eigenvalue weighted by molar-refractivity contribution is -0.144. The van der Waals surface area contributed by atoms with Gasteiger partial charge in [0, 0.05) is 10.4 Å². The van der Waals surface area contributed by atoms with Crippen molar-refractivity contribution in [3.8, 4) is 11.9 Å². The third-order valence-corrected chi connectivity index (χ3v) is 8.17. The molecule has 5 saturated carbocycles. The molecule has 0 heterocycles. The number of halogens is 1. The lowest BCUT2D eigenvalue weighted by Gasteiger charge is -2.58. The van der Waals surface area contributed by atoms with Crippen molar-refractivity contribution in [3.05, 3.63) is 29.3 Å². The first-order valence-corrected chi connectivity index (χ1v) is 11.3. The topological polar surface area (TPSA) is 101 Å². The second-order valence-corrected chi connectivity index (χ2v) is 10.2. The van der Waals surface area contributed by atoms with Crippen LogP contribution in [0.2, 0.25) is 5.02 Å². The quantitative estimate of drug-likeness (QED) is 0.323. The van der Waals surface area contributed by atoms with E-state index in [9.17, 15) is 10.1 Å². The van der Waals surface area contributed by atoms with Gasteiger partial charge in [0.1, 0.15) is 5.75 Å². The third kappa shape index (κ3) is 3.15. The first-order chi connectivity index (χ1) is 14.4. The monoisotopic (exact) mass is 426 g/mol. The summed E-state index contributed by atoms with van der Waals surface area (Å²) in [6.07, 6.45) is 9.55. The maximum absolute atomic E-state index is 12.2. The molecule has 30 heavy (non-hydrogen) atoms. The van der Waals surface area contributed by atoms with Crippen molar-refractivity contribution in [1.29, 1.82) is 5.26 Å². The van der Waals surface area contributed by atoms with Crippen LogP contribution in [0.1, 0.15) is 51.4 Å². The smallest absolute Gasteiger partial charge is 0.223 e. The van der Waals surface area contributed by atoms with Crippen LogP contribution in [0.3, 0.4) is 0 Å². The van der Waals surface area contributed by atoms with Gasteiger partial charge < -0.3 is 10.5 Å². The van der Waals surface area contributed by atoms with E-state index < -0.39 is 5.60 Å². The molecule has 0 spiro atoms. The second kappa shape index (κ2) is 7.16. The van der Waals surface area contributed by atoms with Crippen molar-refractivity contribution in [2.75, 3.05) is 0 Å². The zero-order valence-corrected chi connectivity index (χ0v) is 17.7. The molecule has 0 saturated heterocycles. The maximum Gasteiger partial charge on any atom is 0.223 e. The fraction of sp³-hybridized carbons (Fsp3) is 0.609. The van der Waals surface area contributed by atoms with Crippen molar-refractivity contribution >= 4 is 23.3 Å². The highest BCUT2D eigenvalue weighted by molar-refractivity contribution is 6.30. The fourth-order valence-corrected chi connectivity index (χ4v) is 6.72. The van der Waals surface area contributed by atoms with E-state index in [1.165, 1.54) is 0 Å². The zero-order valence-electron chi connectivity index (χ0n) is 16.9. The number of rotatable bonds is 5. The summed E-state index contributed by atoms with van der Waals surface area (Å²) in [6.45, 7) is 0. The van der Waals surface area contributed by atoms with E-state index in [-0.39, 0.29) is 17.4 Å². The van der Waals surface area contributed by atoms with Gasteiger partial charge in [-0.2, -0.15) is 5.26 Å². The van der Waals surface area contributed by atoms with Crippen LogP contribution in [-0.4, -0.2) is 23.4 Å². The lowest BCUT2D eigenvalue weighted by Crippen LogP contribution is -2.59. The minimum absolute atomic E-state index is 0.121. The molecule has 7 heteroatoms. The number of nitriles is 1. The number of hydrogen-bond acceptors (Lipinski definition) is 4. The Morgan fingerprint density at radius 3 is 2.40 bits per heavy atom. The van der Waals surface area contributed by atoms with E-state index in [0.29, 0.717) is 28.6 Å². The Morgan fingerprint density at radius 2 is 1.87 bits per heavy atom. The number of ether oxygens (including phenoxy) is 1. The standard InChI is InChI=1S/C23H27ClN4O2/c24-17-2-4-18(5-3-17)30-23(6-1-7-23)21(27-13-25)28-19-15-8-14-9-16(19)12-22(10-14,11-15)20(26)29/h2-5,14-16,19H,1,6-12H2,(H2,26,29)(H,27,28). The SMILES string of the molecule is N#CNC(=NC1C2CC3CC1CC(C(N)=O)(C3)C2)C1(Oc2ccc(Cl)cc2)CCC1. The zero-order chi connectivity index (χ0) is 20.9. The number of primary amides is 1. The molecule has 5 aliphatic rings. The minimum atomic E-state index is -0.598. The highest BCUT2D eigenvalue weighted by Crippen LogP contribution is 2.60. The Morgan fingerprint density at radius 1 is 1.20 bits per heavy atom. The van der Waals surface area contributed by atoms with Gasteiger partial charge in [0.2, 0.25) is 5.91 Å². The molecule has 4 bridgehead atoms. The van der Waals surface area contributed by atoms with Gasteiger partial charge in [-0.1, -0.05) is 11.6 Å². The molecule has 2 unspecified atom stereocenters. The van der Waals surface area contributed by atoms with Gasteiger partial charge in [0.05, 0.1) is 6.04 Å². The number of carbonyl (C=O) groups is 1. The normalized spacial score (nSPS) is 35.9. The molecule has 0 aromatic heterocycles. The highest BCUT2D eigenvalue weighted by Gasteiger charge is 2.58.